The van der Waals surface area contributed by atoms with Crippen LogP contribution in [-0.2, 0) is 0 Å². The summed E-state index contributed by atoms with van der Waals surface area (Å²) in [6, 6.07) is 4.47. The van der Waals surface area contributed by atoms with Crippen molar-refractivity contribution in [2.24, 2.45) is 5.10 Å². The smallest absolute Gasteiger partial charge is 0.274 e. The second-order valence-corrected chi connectivity index (χ2v) is 5.16. The Hall–Kier alpha value is -1.98. The predicted octanol–water partition coefficient (Wildman–Crippen LogP) is 3.75. The van der Waals surface area contributed by atoms with Gasteiger partial charge in [-0.15, -0.1) is 0 Å². The van der Waals surface area contributed by atoms with Gasteiger partial charge in [0.25, 0.3) is 5.91 Å². The highest BCUT2D eigenvalue weighted by molar-refractivity contribution is 6.36. The molecule has 0 fully saturated rings. The first-order chi connectivity index (χ1) is 9.90. The molecule has 0 aliphatic carbocycles. The van der Waals surface area contributed by atoms with Crippen molar-refractivity contribution in [2.75, 3.05) is 0 Å². The molecular weight excluding hydrogens is 315 g/mol. The number of hydrazone groups is 1. The maximum absolute atomic E-state index is 11.9. The van der Waals surface area contributed by atoms with E-state index in [4.69, 9.17) is 27.6 Å². The average Bonchev–Trinajstić information content (AvgIpc) is 2.86. The lowest BCUT2D eigenvalue weighted by Gasteiger charge is -2.07. The molecule has 2 rings (SSSR count). The Morgan fingerprint density at radius 3 is 2.67 bits per heavy atom. The zero-order valence-corrected chi connectivity index (χ0v) is 12.8. The SMILES string of the molecule is C/C(=N\NC(=O)c1ccoc1C)c1cc(Cl)cc(Cl)c1O. The maximum Gasteiger partial charge on any atom is 0.274 e. The van der Waals surface area contributed by atoms with Crippen LogP contribution in [0.25, 0.3) is 0 Å². The van der Waals surface area contributed by atoms with Crippen molar-refractivity contribution in [3.05, 3.63) is 51.4 Å². The summed E-state index contributed by atoms with van der Waals surface area (Å²) in [6.07, 6.45) is 1.42. The van der Waals surface area contributed by atoms with Gasteiger partial charge in [0.1, 0.15) is 11.5 Å². The normalized spacial score (nSPS) is 11.5. The largest absolute Gasteiger partial charge is 0.506 e. The van der Waals surface area contributed by atoms with Crippen LogP contribution in [0, 0.1) is 6.92 Å². The molecule has 1 aromatic heterocycles. The van der Waals surface area contributed by atoms with Gasteiger partial charge in [0, 0.05) is 10.6 Å². The molecule has 0 bridgehead atoms. The molecule has 0 atom stereocenters. The molecule has 1 amide bonds. The summed E-state index contributed by atoms with van der Waals surface area (Å²) in [6.45, 7) is 3.29. The molecule has 0 aliphatic rings. The number of hydrogen-bond acceptors (Lipinski definition) is 4. The number of carbonyl (C=O) groups excluding carboxylic acids is 1. The number of furan rings is 1. The molecule has 0 saturated heterocycles. The number of hydrogen-bond donors (Lipinski definition) is 2. The Bertz CT molecular complexity index is 723. The average molecular weight is 327 g/mol. The Morgan fingerprint density at radius 2 is 2.05 bits per heavy atom. The van der Waals surface area contributed by atoms with Gasteiger partial charge in [-0.25, -0.2) is 5.43 Å². The van der Waals surface area contributed by atoms with Crippen LogP contribution in [-0.4, -0.2) is 16.7 Å². The van der Waals surface area contributed by atoms with Crippen molar-refractivity contribution < 1.29 is 14.3 Å². The summed E-state index contributed by atoms with van der Waals surface area (Å²) in [4.78, 5) is 11.9. The molecule has 0 spiro atoms. The van der Waals surface area contributed by atoms with Gasteiger partial charge < -0.3 is 9.52 Å². The second-order valence-electron chi connectivity index (χ2n) is 4.31. The van der Waals surface area contributed by atoms with E-state index in [0.717, 1.165) is 0 Å². The van der Waals surface area contributed by atoms with Crippen molar-refractivity contribution in [2.45, 2.75) is 13.8 Å². The molecule has 7 heteroatoms. The van der Waals surface area contributed by atoms with E-state index in [9.17, 15) is 9.90 Å². The lowest BCUT2D eigenvalue weighted by molar-refractivity contribution is 0.0953. The fraction of sp³-hybridized carbons (Fsp3) is 0.143. The quantitative estimate of drug-likeness (QED) is 0.666. The summed E-state index contributed by atoms with van der Waals surface area (Å²) in [7, 11) is 0. The van der Waals surface area contributed by atoms with Crippen molar-refractivity contribution >= 4 is 34.8 Å². The van der Waals surface area contributed by atoms with Gasteiger partial charge in [-0.1, -0.05) is 23.2 Å². The van der Waals surface area contributed by atoms with Crippen LogP contribution < -0.4 is 5.43 Å². The zero-order valence-electron chi connectivity index (χ0n) is 11.3. The molecule has 0 unspecified atom stereocenters. The van der Waals surface area contributed by atoms with E-state index >= 15 is 0 Å². The number of carbonyl (C=O) groups is 1. The number of halogens is 2. The maximum atomic E-state index is 11.9. The molecule has 1 aromatic carbocycles. The number of phenolic OH excluding ortho intramolecular Hbond substituents is 1. The van der Waals surface area contributed by atoms with E-state index in [1.54, 1.807) is 19.9 Å². The molecule has 21 heavy (non-hydrogen) atoms. The monoisotopic (exact) mass is 326 g/mol. The number of aromatic hydroxyl groups is 1. The van der Waals surface area contributed by atoms with Gasteiger partial charge in [-0.05, 0) is 32.0 Å². The molecule has 110 valence electrons. The minimum atomic E-state index is -0.409. The molecule has 0 saturated carbocycles. The van der Waals surface area contributed by atoms with Gasteiger partial charge in [0.05, 0.1) is 22.6 Å². The fourth-order valence-corrected chi connectivity index (χ4v) is 2.21. The molecule has 2 aromatic rings. The Labute approximate surface area is 131 Å². The van der Waals surface area contributed by atoms with E-state index in [2.05, 4.69) is 10.5 Å². The standard InChI is InChI=1S/C14H12Cl2N2O3/c1-7(11-5-9(15)6-12(16)13(11)19)17-18-14(20)10-3-4-21-8(10)2/h3-6,19H,1-2H3,(H,18,20)/b17-7+. The first-order valence-electron chi connectivity index (χ1n) is 5.97. The fourth-order valence-electron chi connectivity index (χ4n) is 1.72. The van der Waals surface area contributed by atoms with Gasteiger partial charge in [-0.3, -0.25) is 4.79 Å². The van der Waals surface area contributed by atoms with Crippen LogP contribution in [0.15, 0.2) is 34.0 Å². The van der Waals surface area contributed by atoms with Crippen LogP contribution in [0.1, 0.15) is 28.6 Å². The Balaban J connectivity index is 2.23. The van der Waals surface area contributed by atoms with Crippen LogP contribution in [0.3, 0.4) is 0 Å². The number of rotatable bonds is 3. The topological polar surface area (TPSA) is 74.8 Å². The summed E-state index contributed by atoms with van der Waals surface area (Å²) in [5.41, 5.74) is 3.48. The lowest BCUT2D eigenvalue weighted by atomic mass is 10.1. The Kier molecular flexibility index (Phi) is 4.55. The van der Waals surface area contributed by atoms with Crippen molar-refractivity contribution in [3.63, 3.8) is 0 Å². The molecule has 1 heterocycles. The molecular formula is C14H12Cl2N2O3. The first kappa shape index (κ1) is 15.4. The molecule has 2 N–H and O–H groups in total. The van der Waals surface area contributed by atoms with E-state index in [1.807, 2.05) is 0 Å². The van der Waals surface area contributed by atoms with Gasteiger partial charge in [0.15, 0.2) is 0 Å². The molecule has 5 nitrogen and oxygen atoms in total. The number of nitrogens with zero attached hydrogens (tertiary/aromatic N) is 1. The highest BCUT2D eigenvalue weighted by Crippen LogP contribution is 2.31. The van der Waals surface area contributed by atoms with E-state index in [-0.39, 0.29) is 10.8 Å². The van der Waals surface area contributed by atoms with Crippen molar-refractivity contribution in [3.8, 4) is 5.75 Å². The summed E-state index contributed by atoms with van der Waals surface area (Å²) in [5.74, 6) is -0.0572. The van der Waals surface area contributed by atoms with Crippen LogP contribution in [0.5, 0.6) is 5.75 Å². The highest BCUT2D eigenvalue weighted by Gasteiger charge is 2.13. The first-order valence-corrected chi connectivity index (χ1v) is 6.73. The Morgan fingerprint density at radius 1 is 1.33 bits per heavy atom. The third-order valence-corrected chi connectivity index (χ3v) is 3.35. The molecule has 0 radical (unpaired) electrons. The van der Waals surface area contributed by atoms with Gasteiger partial charge >= 0.3 is 0 Å². The second kappa shape index (κ2) is 6.20. The van der Waals surface area contributed by atoms with Crippen molar-refractivity contribution in [1.82, 2.24) is 5.43 Å². The van der Waals surface area contributed by atoms with E-state index in [0.29, 0.717) is 27.6 Å². The van der Waals surface area contributed by atoms with Gasteiger partial charge in [0.2, 0.25) is 0 Å². The van der Waals surface area contributed by atoms with Crippen LogP contribution >= 0.6 is 23.2 Å². The van der Waals surface area contributed by atoms with Crippen LogP contribution in [0.2, 0.25) is 10.0 Å². The summed E-state index contributed by atoms with van der Waals surface area (Å²) in [5, 5.41) is 14.3. The predicted molar refractivity (Wildman–Crippen MR) is 81.2 cm³/mol. The molecule has 0 aliphatic heterocycles. The number of phenols is 1. The lowest BCUT2D eigenvalue weighted by Crippen LogP contribution is -2.19. The van der Waals surface area contributed by atoms with Crippen LogP contribution in [0.4, 0.5) is 0 Å². The van der Waals surface area contributed by atoms with Gasteiger partial charge in [-0.2, -0.15) is 5.10 Å². The van der Waals surface area contributed by atoms with E-state index in [1.165, 1.54) is 18.4 Å². The number of nitrogens with one attached hydrogen (secondary N) is 1. The number of aryl methyl sites for hydroxylation is 1. The minimum absolute atomic E-state index is 0.115. The summed E-state index contributed by atoms with van der Waals surface area (Å²) >= 11 is 11.7. The summed E-state index contributed by atoms with van der Waals surface area (Å²) < 4.78 is 5.04. The van der Waals surface area contributed by atoms with E-state index < -0.39 is 5.91 Å². The van der Waals surface area contributed by atoms with Crippen molar-refractivity contribution in [1.29, 1.82) is 0 Å². The number of amides is 1. The number of benzene rings is 1. The third kappa shape index (κ3) is 3.37. The third-order valence-electron chi connectivity index (χ3n) is 2.85. The highest BCUT2D eigenvalue weighted by atomic mass is 35.5. The zero-order chi connectivity index (χ0) is 15.6. The minimum Gasteiger partial charge on any atom is -0.506 e.